The van der Waals surface area contributed by atoms with Crippen molar-refractivity contribution in [2.45, 2.75) is 39.7 Å². The fourth-order valence-corrected chi connectivity index (χ4v) is 2.97. The summed E-state index contributed by atoms with van der Waals surface area (Å²) in [5.74, 6) is 1.44. The molecule has 3 rings (SSSR count). The molecule has 1 aromatic heterocycles. The van der Waals surface area contributed by atoms with Crippen LogP contribution in [0.25, 0.3) is 5.69 Å². The number of amides is 1. The fourth-order valence-electron chi connectivity index (χ4n) is 2.97. The highest BCUT2D eigenvalue weighted by Crippen LogP contribution is 2.24. The highest BCUT2D eigenvalue weighted by Gasteiger charge is 2.13. The number of imidazole rings is 1. The first-order chi connectivity index (χ1) is 13.3. The minimum absolute atomic E-state index is 0.0128. The number of aryl methyl sites for hydroxylation is 1. The molecule has 1 amide bonds. The first-order valence-electron chi connectivity index (χ1n) is 9.43. The average molecular weight is 377 g/mol. The maximum atomic E-state index is 12.2. The van der Waals surface area contributed by atoms with Gasteiger partial charge < -0.3 is 14.6 Å². The molecule has 3 aromatic rings. The van der Waals surface area contributed by atoms with E-state index in [1.807, 2.05) is 66.2 Å². The summed E-state index contributed by atoms with van der Waals surface area (Å²) >= 11 is 0. The van der Waals surface area contributed by atoms with E-state index in [4.69, 9.17) is 4.74 Å². The van der Waals surface area contributed by atoms with Gasteiger partial charge in [-0.2, -0.15) is 0 Å². The van der Waals surface area contributed by atoms with Crippen LogP contribution >= 0.6 is 0 Å². The molecule has 0 aliphatic heterocycles. The molecule has 146 valence electrons. The number of para-hydroxylation sites is 1. The molecule has 1 N–H and O–H groups in total. The predicted octanol–water partition coefficient (Wildman–Crippen LogP) is 4.17. The van der Waals surface area contributed by atoms with Gasteiger partial charge in [0.2, 0.25) is 0 Å². The maximum absolute atomic E-state index is 12.2. The largest absolute Gasteiger partial charge is 0.484 e. The SMILES string of the molecule is Cc1nccn1-c1ccccc1CNC(=O)COc1ccc(C(C)(C)C)cc1. The Labute approximate surface area is 166 Å². The Morgan fingerprint density at radius 3 is 2.46 bits per heavy atom. The lowest BCUT2D eigenvalue weighted by Gasteiger charge is -2.19. The summed E-state index contributed by atoms with van der Waals surface area (Å²) in [6.07, 6.45) is 3.68. The van der Waals surface area contributed by atoms with Gasteiger partial charge in [-0.05, 0) is 41.7 Å². The van der Waals surface area contributed by atoms with Gasteiger partial charge in [0.15, 0.2) is 6.61 Å². The highest BCUT2D eigenvalue weighted by atomic mass is 16.5. The third-order valence-corrected chi connectivity index (χ3v) is 4.64. The number of nitrogens with zero attached hydrogens (tertiary/aromatic N) is 2. The molecule has 0 unspecified atom stereocenters. The van der Waals surface area contributed by atoms with Gasteiger partial charge in [0.25, 0.3) is 5.91 Å². The first kappa shape index (κ1) is 19.7. The third kappa shape index (κ3) is 4.80. The van der Waals surface area contributed by atoms with Crippen LogP contribution in [0, 0.1) is 6.92 Å². The van der Waals surface area contributed by atoms with E-state index in [1.54, 1.807) is 6.20 Å². The molecule has 0 aliphatic carbocycles. The lowest BCUT2D eigenvalue weighted by molar-refractivity contribution is -0.123. The number of ether oxygens (including phenoxy) is 1. The van der Waals surface area contributed by atoms with E-state index in [0.29, 0.717) is 12.3 Å². The van der Waals surface area contributed by atoms with E-state index < -0.39 is 0 Å². The van der Waals surface area contributed by atoms with Crippen LogP contribution in [0.5, 0.6) is 5.75 Å². The normalized spacial score (nSPS) is 11.3. The molecule has 5 nitrogen and oxygen atoms in total. The second kappa shape index (κ2) is 8.30. The number of aromatic nitrogens is 2. The number of nitrogens with one attached hydrogen (secondary N) is 1. The lowest BCUT2D eigenvalue weighted by Crippen LogP contribution is -2.28. The van der Waals surface area contributed by atoms with Crippen LogP contribution < -0.4 is 10.1 Å². The number of hydrogen-bond acceptors (Lipinski definition) is 3. The molecule has 28 heavy (non-hydrogen) atoms. The van der Waals surface area contributed by atoms with Crippen LogP contribution in [-0.2, 0) is 16.8 Å². The van der Waals surface area contributed by atoms with Crippen molar-refractivity contribution in [3.05, 3.63) is 77.9 Å². The van der Waals surface area contributed by atoms with E-state index in [0.717, 1.165) is 17.1 Å². The molecular weight excluding hydrogens is 350 g/mol. The van der Waals surface area contributed by atoms with Crippen molar-refractivity contribution in [1.29, 1.82) is 0 Å². The van der Waals surface area contributed by atoms with Crippen molar-refractivity contribution in [1.82, 2.24) is 14.9 Å². The molecule has 0 atom stereocenters. The minimum Gasteiger partial charge on any atom is -0.484 e. The van der Waals surface area contributed by atoms with Gasteiger partial charge >= 0.3 is 0 Å². The Morgan fingerprint density at radius 1 is 1.11 bits per heavy atom. The Kier molecular flexibility index (Phi) is 5.83. The molecule has 0 fully saturated rings. The number of benzene rings is 2. The summed E-state index contributed by atoms with van der Waals surface area (Å²) in [6, 6.07) is 15.9. The van der Waals surface area contributed by atoms with Crippen LogP contribution in [0.4, 0.5) is 0 Å². The van der Waals surface area contributed by atoms with E-state index in [1.165, 1.54) is 5.56 Å². The summed E-state index contributed by atoms with van der Waals surface area (Å²) in [6.45, 7) is 8.87. The van der Waals surface area contributed by atoms with Gasteiger partial charge in [-0.25, -0.2) is 4.98 Å². The van der Waals surface area contributed by atoms with Crippen LogP contribution in [0.1, 0.15) is 37.7 Å². The van der Waals surface area contributed by atoms with Crippen molar-refractivity contribution in [2.75, 3.05) is 6.61 Å². The van der Waals surface area contributed by atoms with Crippen molar-refractivity contribution < 1.29 is 9.53 Å². The van der Waals surface area contributed by atoms with Gasteiger partial charge in [-0.1, -0.05) is 51.1 Å². The van der Waals surface area contributed by atoms with Crippen LogP contribution in [0.15, 0.2) is 60.9 Å². The Morgan fingerprint density at radius 2 is 1.82 bits per heavy atom. The predicted molar refractivity (Wildman–Crippen MR) is 111 cm³/mol. The molecule has 0 saturated heterocycles. The van der Waals surface area contributed by atoms with Crippen molar-refractivity contribution >= 4 is 5.91 Å². The van der Waals surface area contributed by atoms with E-state index in [-0.39, 0.29) is 17.9 Å². The molecular formula is C23H27N3O2. The van der Waals surface area contributed by atoms with Crippen molar-refractivity contribution in [3.8, 4) is 11.4 Å². The smallest absolute Gasteiger partial charge is 0.258 e. The quantitative estimate of drug-likeness (QED) is 0.701. The first-order valence-corrected chi connectivity index (χ1v) is 9.43. The zero-order valence-corrected chi connectivity index (χ0v) is 16.9. The van der Waals surface area contributed by atoms with Crippen molar-refractivity contribution in [3.63, 3.8) is 0 Å². The van der Waals surface area contributed by atoms with E-state index in [2.05, 4.69) is 31.1 Å². The standard InChI is InChI=1S/C23H27N3O2/c1-17-24-13-14-26(17)21-8-6-5-7-18(21)15-25-22(27)16-28-20-11-9-19(10-12-20)23(2,3)4/h5-14H,15-16H2,1-4H3,(H,25,27). The number of rotatable bonds is 6. The molecule has 2 aromatic carbocycles. The Hall–Kier alpha value is -3.08. The fraction of sp³-hybridized carbons (Fsp3) is 0.304. The second-order valence-electron chi connectivity index (χ2n) is 7.81. The average Bonchev–Trinajstić information content (AvgIpc) is 3.10. The molecule has 1 heterocycles. The Bertz CT molecular complexity index is 937. The van der Waals surface area contributed by atoms with E-state index >= 15 is 0 Å². The van der Waals surface area contributed by atoms with Crippen LogP contribution in [-0.4, -0.2) is 22.1 Å². The zero-order chi connectivity index (χ0) is 20.1. The Balaban J connectivity index is 1.56. The summed E-state index contributed by atoms with van der Waals surface area (Å²) in [5, 5.41) is 2.93. The van der Waals surface area contributed by atoms with Gasteiger partial charge in [-0.3, -0.25) is 4.79 Å². The van der Waals surface area contributed by atoms with Crippen LogP contribution in [0.3, 0.4) is 0 Å². The second-order valence-corrected chi connectivity index (χ2v) is 7.81. The summed E-state index contributed by atoms with van der Waals surface area (Å²) in [5.41, 5.74) is 3.36. The monoisotopic (exact) mass is 377 g/mol. The van der Waals surface area contributed by atoms with Gasteiger partial charge in [0, 0.05) is 18.9 Å². The number of hydrogen-bond donors (Lipinski definition) is 1. The molecule has 0 aliphatic rings. The summed E-state index contributed by atoms with van der Waals surface area (Å²) in [7, 11) is 0. The number of carbonyl (C=O) groups excluding carboxylic acids is 1. The maximum Gasteiger partial charge on any atom is 0.258 e. The highest BCUT2D eigenvalue weighted by molar-refractivity contribution is 5.77. The molecule has 0 spiro atoms. The van der Waals surface area contributed by atoms with Crippen LogP contribution in [0.2, 0.25) is 0 Å². The van der Waals surface area contributed by atoms with Gasteiger partial charge in [0.05, 0.1) is 5.69 Å². The van der Waals surface area contributed by atoms with Crippen molar-refractivity contribution in [2.24, 2.45) is 0 Å². The topological polar surface area (TPSA) is 56.2 Å². The zero-order valence-electron chi connectivity index (χ0n) is 16.9. The van der Waals surface area contributed by atoms with E-state index in [9.17, 15) is 4.79 Å². The molecule has 0 bridgehead atoms. The molecule has 0 saturated carbocycles. The molecule has 0 radical (unpaired) electrons. The third-order valence-electron chi connectivity index (χ3n) is 4.64. The minimum atomic E-state index is -0.156. The number of carbonyl (C=O) groups is 1. The van der Waals surface area contributed by atoms with Gasteiger partial charge in [-0.15, -0.1) is 0 Å². The lowest BCUT2D eigenvalue weighted by atomic mass is 9.87. The molecule has 5 heteroatoms. The summed E-state index contributed by atoms with van der Waals surface area (Å²) in [4.78, 5) is 16.5. The van der Waals surface area contributed by atoms with Gasteiger partial charge in [0.1, 0.15) is 11.6 Å². The summed E-state index contributed by atoms with van der Waals surface area (Å²) < 4.78 is 7.63.